The molecule has 0 aromatic carbocycles. The summed E-state index contributed by atoms with van der Waals surface area (Å²) < 4.78 is 14.3. The average molecular weight is 295 g/mol. The normalized spacial score (nSPS) is 13.8. The number of unbranched alkanes of at least 4 members (excludes halogenated alkanes) is 1. The van der Waals surface area contributed by atoms with E-state index in [1.165, 1.54) is 6.20 Å². The van der Waals surface area contributed by atoms with Crippen molar-refractivity contribution in [3.8, 4) is 0 Å². The predicted octanol–water partition coefficient (Wildman–Crippen LogP) is 4.69. The molecule has 0 radical (unpaired) electrons. The van der Waals surface area contributed by atoms with E-state index in [1.807, 2.05) is 6.07 Å². The number of hydrogen-bond donors (Lipinski definition) is 1. The van der Waals surface area contributed by atoms with Gasteiger partial charge in [-0.2, -0.15) is 4.39 Å². The molecule has 2 unspecified atom stereocenters. The third kappa shape index (κ3) is 4.87. The molecular formula is C17H30FN3. The second-order valence-corrected chi connectivity index (χ2v) is 5.75. The number of rotatable bonds is 9. The molecule has 0 aliphatic carbocycles. The Labute approximate surface area is 129 Å². The highest BCUT2D eigenvalue weighted by Gasteiger charge is 2.18. The van der Waals surface area contributed by atoms with Crippen molar-refractivity contribution in [2.45, 2.75) is 59.9 Å². The number of aromatic nitrogens is 1. The van der Waals surface area contributed by atoms with Gasteiger partial charge in [0.05, 0.1) is 5.69 Å². The van der Waals surface area contributed by atoms with E-state index < -0.39 is 0 Å². The van der Waals surface area contributed by atoms with Gasteiger partial charge >= 0.3 is 0 Å². The number of halogens is 1. The zero-order chi connectivity index (χ0) is 15.8. The van der Waals surface area contributed by atoms with Gasteiger partial charge in [-0.3, -0.25) is 0 Å². The van der Waals surface area contributed by atoms with Crippen LogP contribution in [0, 0.1) is 11.9 Å². The van der Waals surface area contributed by atoms with Crippen molar-refractivity contribution in [3.63, 3.8) is 0 Å². The monoisotopic (exact) mass is 295 g/mol. The van der Waals surface area contributed by atoms with Crippen molar-refractivity contribution in [1.82, 2.24) is 4.98 Å². The van der Waals surface area contributed by atoms with Gasteiger partial charge < -0.3 is 10.2 Å². The lowest BCUT2D eigenvalue weighted by molar-refractivity contribution is 0.493. The molecule has 4 heteroatoms. The Hall–Kier alpha value is -1.32. The SMILES string of the molecule is CCCCN(CC)c1c(NC(C)C(C)CC)ccnc1F. The summed E-state index contributed by atoms with van der Waals surface area (Å²) in [5.74, 6) is 0.161. The largest absolute Gasteiger partial charge is 0.380 e. The van der Waals surface area contributed by atoms with Crippen LogP contribution in [-0.4, -0.2) is 24.1 Å². The summed E-state index contributed by atoms with van der Waals surface area (Å²) in [7, 11) is 0. The maximum Gasteiger partial charge on any atom is 0.238 e. The maximum atomic E-state index is 14.3. The minimum atomic E-state index is -0.380. The van der Waals surface area contributed by atoms with Crippen LogP contribution in [0.1, 0.15) is 53.9 Å². The van der Waals surface area contributed by atoms with Crippen molar-refractivity contribution in [2.75, 3.05) is 23.3 Å². The summed E-state index contributed by atoms with van der Waals surface area (Å²) in [4.78, 5) is 5.92. The van der Waals surface area contributed by atoms with Crippen molar-refractivity contribution in [1.29, 1.82) is 0 Å². The summed E-state index contributed by atoms with van der Waals surface area (Å²) >= 11 is 0. The van der Waals surface area contributed by atoms with Gasteiger partial charge in [0.25, 0.3) is 0 Å². The number of hydrogen-bond acceptors (Lipinski definition) is 3. The summed E-state index contributed by atoms with van der Waals surface area (Å²) in [5.41, 5.74) is 1.47. The number of nitrogens with one attached hydrogen (secondary N) is 1. The van der Waals surface area contributed by atoms with Gasteiger partial charge in [-0.05, 0) is 32.3 Å². The third-order valence-corrected chi connectivity index (χ3v) is 4.24. The van der Waals surface area contributed by atoms with Gasteiger partial charge in [-0.25, -0.2) is 4.98 Å². The first-order chi connectivity index (χ1) is 10.0. The Balaban J connectivity index is 3.01. The van der Waals surface area contributed by atoms with Crippen molar-refractivity contribution in [2.24, 2.45) is 5.92 Å². The lowest BCUT2D eigenvalue weighted by Crippen LogP contribution is -2.29. The highest BCUT2D eigenvalue weighted by atomic mass is 19.1. The van der Waals surface area contributed by atoms with Crippen LogP contribution in [0.2, 0.25) is 0 Å². The summed E-state index contributed by atoms with van der Waals surface area (Å²) in [6.45, 7) is 12.4. The Morgan fingerprint density at radius 2 is 2.00 bits per heavy atom. The van der Waals surface area contributed by atoms with Crippen LogP contribution in [-0.2, 0) is 0 Å². The molecule has 1 heterocycles. The number of nitrogens with zero attached hydrogens (tertiary/aromatic N) is 2. The molecule has 0 amide bonds. The third-order valence-electron chi connectivity index (χ3n) is 4.24. The van der Waals surface area contributed by atoms with Crippen LogP contribution in [0.25, 0.3) is 0 Å². The maximum absolute atomic E-state index is 14.3. The van der Waals surface area contributed by atoms with Gasteiger partial charge in [0.15, 0.2) is 0 Å². The molecular weight excluding hydrogens is 265 g/mol. The van der Waals surface area contributed by atoms with E-state index in [9.17, 15) is 4.39 Å². The molecule has 0 bridgehead atoms. The first-order valence-electron chi connectivity index (χ1n) is 8.21. The topological polar surface area (TPSA) is 28.2 Å². The first-order valence-corrected chi connectivity index (χ1v) is 8.21. The Kier molecular flexibility index (Phi) is 7.48. The molecule has 0 saturated carbocycles. The van der Waals surface area contributed by atoms with E-state index in [1.54, 1.807) is 0 Å². The number of pyridine rings is 1. The molecule has 0 aliphatic heterocycles. The van der Waals surface area contributed by atoms with Crippen LogP contribution in [0.4, 0.5) is 15.8 Å². The summed E-state index contributed by atoms with van der Waals surface area (Å²) in [6, 6.07) is 2.19. The van der Waals surface area contributed by atoms with Gasteiger partial charge in [-0.1, -0.05) is 33.6 Å². The molecule has 120 valence electrons. The summed E-state index contributed by atoms with van der Waals surface area (Å²) in [6.07, 6.45) is 4.80. The second-order valence-electron chi connectivity index (χ2n) is 5.75. The first kappa shape index (κ1) is 17.7. The molecule has 1 aromatic rings. The van der Waals surface area contributed by atoms with E-state index in [0.717, 1.165) is 38.0 Å². The smallest absolute Gasteiger partial charge is 0.238 e. The minimum absolute atomic E-state index is 0.306. The standard InChI is InChI=1S/C17H30FN3/c1-6-9-12-21(8-3)16-15(10-11-19-17(16)18)20-14(5)13(4)7-2/h10-11,13-14H,6-9,12H2,1-5H3,(H,19,20). The van der Waals surface area contributed by atoms with E-state index in [-0.39, 0.29) is 5.95 Å². The molecule has 0 fully saturated rings. The molecule has 2 atom stereocenters. The Bertz CT molecular complexity index is 422. The van der Waals surface area contributed by atoms with Gasteiger partial charge in [0.1, 0.15) is 5.69 Å². The van der Waals surface area contributed by atoms with Gasteiger partial charge in [0, 0.05) is 25.3 Å². The van der Waals surface area contributed by atoms with E-state index in [2.05, 4.69) is 49.8 Å². The molecule has 1 rings (SSSR count). The summed E-state index contributed by atoms with van der Waals surface area (Å²) in [5, 5.41) is 3.47. The second kappa shape index (κ2) is 8.85. The highest BCUT2D eigenvalue weighted by Crippen LogP contribution is 2.29. The zero-order valence-corrected chi connectivity index (χ0v) is 14.1. The van der Waals surface area contributed by atoms with E-state index in [0.29, 0.717) is 17.6 Å². The van der Waals surface area contributed by atoms with Crippen molar-refractivity contribution in [3.05, 3.63) is 18.2 Å². The fourth-order valence-corrected chi connectivity index (χ4v) is 2.36. The van der Waals surface area contributed by atoms with Crippen molar-refractivity contribution >= 4 is 11.4 Å². The molecule has 0 spiro atoms. The molecule has 1 aromatic heterocycles. The van der Waals surface area contributed by atoms with Crippen molar-refractivity contribution < 1.29 is 4.39 Å². The lowest BCUT2D eigenvalue weighted by atomic mass is 10.0. The van der Waals surface area contributed by atoms with Crippen LogP contribution in [0.3, 0.4) is 0 Å². The molecule has 21 heavy (non-hydrogen) atoms. The Morgan fingerprint density at radius 1 is 1.29 bits per heavy atom. The number of anilines is 2. The lowest BCUT2D eigenvalue weighted by Gasteiger charge is -2.28. The highest BCUT2D eigenvalue weighted by molar-refractivity contribution is 5.69. The van der Waals surface area contributed by atoms with E-state index >= 15 is 0 Å². The van der Waals surface area contributed by atoms with Gasteiger partial charge in [0.2, 0.25) is 5.95 Å². The molecule has 0 aliphatic rings. The average Bonchev–Trinajstić information content (AvgIpc) is 2.49. The van der Waals surface area contributed by atoms with Crippen LogP contribution in [0.5, 0.6) is 0 Å². The predicted molar refractivity (Wildman–Crippen MR) is 89.5 cm³/mol. The zero-order valence-electron chi connectivity index (χ0n) is 14.1. The van der Waals surface area contributed by atoms with Crippen LogP contribution >= 0.6 is 0 Å². The molecule has 3 nitrogen and oxygen atoms in total. The van der Waals surface area contributed by atoms with Crippen LogP contribution < -0.4 is 10.2 Å². The minimum Gasteiger partial charge on any atom is -0.380 e. The van der Waals surface area contributed by atoms with Crippen LogP contribution in [0.15, 0.2) is 12.3 Å². The van der Waals surface area contributed by atoms with E-state index in [4.69, 9.17) is 0 Å². The molecule has 0 saturated heterocycles. The van der Waals surface area contributed by atoms with Gasteiger partial charge in [-0.15, -0.1) is 0 Å². The quantitative estimate of drug-likeness (QED) is 0.670. The molecule has 1 N–H and O–H groups in total. The Morgan fingerprint density at radius 3 is 2.57 bits per heavy atom. The fraction of sp³-hybridized carbons (Fsp3) is 0.706. The fourth-order valence-electron chi connectivity index (χ4n) is 2.36.